The van der Waals surface area contributed by atoms with Crippen LogP contribution in [0.15, 0.2) is 68.6 Å². The summed E-state index contributed by atoms with van der Waals surface area (Å²) in [6.07, 6.45) is 0.717. The van der Waals surface area contributed by atoms with Gasteiger partial charge in [0, 0.05) is 38.0 Å². The van der Waals surface area contributed by atoms with Gasteiger partial charge in [-0.25, -0.2) is 36.4 Å². The summed E-state index contributed by atoms with van der Waals surface area (Å²) in [6.45, 7) is 3.40. The Kier molecular flexibility index (Phi) is 16.1. The zero-order chi connectivity index (χ0) is 33.5. The number of amides is 4. The van der Waals surface area contributed by atoms with Crippen molar-refractivity contribution in [1.29, 1.82) is 0 Å². The predicted molar refractivity (Wildman–Crippen MR) is 181 cm³/mol. The molecule has 0 N–H and O–H groups in total. The van der Waals surface area contributed by atoms with Crippen LogP contribution in [0.4, 0.5) is 19.2 Å². The van der Waals surface area contributed by atoms with E-state index < -0.39 is 24.4 Å². The number of nitrogens with zero attached hydrogens (tertiary/aromatic N) is 6. The average molecular weight is 717 g/mol. The first-order chi connectivity index (χ1) is 21.3. The third kappa shape index (κ3) is 13.6. The Bertz CT molecular complexity index is 1280. The molecule has 2 aromatic rings. The Labute approximate surface area is 283 Å². The van der Waals surface area contributed by atoms with Crippen molar-refractivity contribution in [3.05, 3.63) is 48.5 Å². The smallest absolute Gasteiger partial charge is 0.410 e. The third-order valence-corrected chi connectivity index (χ3v) is 8.83. The zero-order valence-corrected chi connectivity index (χ0v) is 29.7. The highest BCUT2D eigenvalue weighted by atomic mass is 32.2. The average Bonchev–Trinajstić information content (AvgIpc) is 3.03. The van der Waals surface area contributed by atoms with Gasteiger partial charge in [0.15, 0.2) is 0 Å². The van der Waals surface area contributed by atoms with Gasteiger partial charge in [-0.3, -0.25) is 9.68 Å². The number of oxime groups is 2. The fourth-order valence-corrected chi connectivity index (χ4v) is 4.70. The Morgan fingerprint density at radius 2 is 0.867 bits per heavy atom. The van der Waals surface area contributed by atoms with Crippen LogP contribution in [-0.4, -0.2) is 92.4 Å². The van der Waals surface area contributed by atoms with Crippen molar-refractivity contribution >= 4 is 94.0 Å². The van der Waals surface area contributed by atoms with Gasteiger partial charge in [0.05, 0.1) is 24.3 Å². The molecule has 0 unspecified atom stereocenters. The van der Waals surface area contributed by atoms with E-state index in [1.165, 1.54) is 63.5 Å². The molecule has 2 aromatic carbocycles. The maximum absolute atomic E-state index is 12.5. The van der Waals surface area contributed by atoms with Gasteiger partial charge in [0.1, 0.15) is 21.6 Å². The van der Waals surface area contributed by atoms with Gasteiger partial charge in [0.2, 0.25) is 0 Å². The van der Waals surface area contributed by atoms with Gasteiger partial charge < -0.3 is 9.47 Å². The quantitative estimate of drug-likeness (QED) is 0.0795. The van der Waals surface area contributed by atoms with Crippen LogP contribution in [-0.2, 0) is 9.68 Å². The molecular weight excluding hydrogens is 685 g/mol. The first-order valence-corrected chi connectivity index (χ1v) is 17.3. The van der Waals surface area contributed by atoms with E-state index in [-0.39, 0.29) is 0 Å². The Balaban J connectivity index is 1.83. The monoisotopic (exact) mass is 716 g/mol. The molecule has 0 radical (unpaired) electrons. The van der Waals surface area contributed by atoms with E-state index in [1.807, 2.05) is 0 Å². The summed E-state index contributed by atoms with van der Waals surface area (Å²) in [4.78, 5) is 60.2. The summed E-state index contributed by atoms with van der Waals surface area (Å²) in [5.41, 5.74) is 0. The van der Waals surface area contributed by atoms with Crippen LogP contribution in [0.5, 0.6) is 11.5 Å². The van der Waals surface area contributed by atoms with Crippen molar-refractivity contribution in [3.63, 3.8) is 0 Å². The molecule has 0 atom stereocenters. The Morgan fingerprint density at radius 1 is 0.556 bits per heavy atom. The fraction of sp³-hybridized carbons (Fsp3) is 0.308. The highest BCUT2D eigenvalue weighted by molar-refractivity contribution is 8.13. The van der Waals surface area contributed by atoms with Gasteiger partial charge in [-0.05, 0) is 74.9 Å². The van der Waals surface area contributed by atoms with Crippen LogP contribution in [0.25, 0.3) is 0 Å². The SMILES string of the molecule is CS/C(C)=N/OC(=O)N(C)SN(C)C(=O)Oc1ccc(Sc2ccc(OC(=O)N(C)SN(C)C(=O)O/N=C(\C)SC)cc2)cc1. The molecule has 19 heteroatoms. The number of rotatable bonds is 10. The van der Waals surface area contributed by atoms with E-state index >= 15 is 0 Å². The maximum atomic E-state index is 12.5. The minimum atomic E-state index is -0.748. The lowest BCUT2D eigenvalue weighted by Crippen LogP contribution is -2.30. The van der Waals surface area contributed by atoms with Crippen LogP contribution < -0.4 is 9.47 Å². The van der Waals surface area contributed by atoms with Crippen LogP contribution in [0.3, 0.4) is 0 Å². The van der Waals surface area contributed by atoms with Crippen LogP contribution in [0.1, 0.15) is 13.8 Å². The number of carbonyl (C=O) groups is 4. The highest BCUT2D eigenvalue weighted by Crippen LogP contribution is 2.31. The molecule has 0 spiro atoms. The zero-order valence-electron chi connectivity index (χ0n) is 25.6. The molecule has 4 amide bonds. The number of hydrogen-bond acceptors (Lipinski definition) is 15. The first-order valence-electron chi connectivity index (χ1n) is 12.5. The standard InChI is InChI=1S/C26H32N6O8S5/c1-17(41-7)27-39-25(35)31(5)44-29(3)23(33)37-19-9-13-21(14-10-19)43-22-15-11-20(12-16-22)38-24(34)30(4)45-32(6)26(36)40-28-18(2)42-8/h9-16H,1-8H3/b27-17+,28-18+. The van der Waals surface area contributed by atoms with Crippen molar-refractivity contribution in [1.82, 2.24) is 17.2 Å². The second kappa shape index (κ2) is 19.2. The van der Waals surface area contributed by atoms with Crippen molar-refractivity contribution in [2.24, 2.45) is 10.3 Å². The van der Waals surface area contributed by atoms with Gasteiger partial charge in [-0.2, -0.15) is 0 Å². The molecule has 244 valence electrons. The van der Waals surface area contributed by atoms with Gasteiger partial charge in [-0.1, -0.05) is 22.1 Å². The lowest BCUT2D eigenvalue weighted by molar-refractivity contribution is 0.135. The molecule has 0 fully saturated rings. The molecule has 45 heavy (non-hydrogen) atoms. The van der Waals surface area contributed by atoms with E-state index in [4.69, 9.17) is 19.1 Å². The predicted octanol–water partition coefficient (Wildman–Crippen LogP) is 7.36. The summed E-state index contributed by atoms with van der Waals surface area (Å²) >= 11 is 5.69. The second-order valence-corrected chi connectivity index (χ2v) is 13.9. The van der Waals surface area contributed by atoms with Gasteiger partial charge >= 0.3 is 24.4 Å². The summed E-state index contributed by atoms with van der Waals surface area (Å²) in [5, 5.41) is 8.48. The normalized spacial score (nSPS) is 11.3. The Hall–Kier alpha value is -3.39. The molecule has 0 saturated carbocycles. The molecule has 14 nitrogen and oxygen atoms in total. The molecule has 0 aliphatic heterocycles. The minimum Gasteiger partial charge on any atom is -0.410 e. The highest BCUT2D eigenvalue weighted by Gasteiger charge is 2.21. The number of thioether (sulfide) groups is 2. The summed E-state index contributed by atoms with van der Waals surface area (Å²) in [7, 11) is 5.78. The molecule has 0 aliphatic rings. The molecule has 0 bridgehead atoms. The number of benzene rings is 2. The van der Waals surface area contributed by atoms with Crippen molar-refractivity contribution < 1.29 is 38.3 Å². The largest absolute Gasteiger partial charge is 0.447 e. The molecule has 0 heterocycles. The number of ether oxygens (including phenoxy) is 2. The number of carbonyl (C=O) groups excluding carboxylic acids is 4. The summed E-state index contributed by atoms with van der Waals surface area (Å²) in [5.74, 6) is 0.626. The second-order valence-electron chi connectivity index (χ2n) is 8.28. The van der Waals surface area contributed by atoms with Crippen LogP contribution in [0, 0.1) is 0 Å². The third-order valence-electron chi connectivity index (χ3n) is 4.91. The number of hydrogen-bond donors (Lipinski definition) is 0. The topological polar surface area (TPSA) is 143 Å². The van der Waals surface area contributed by atoms with Crippen molar-refractivity contribution in [2.45, 2.75) is 23.6 Å². The van der Waals surface area contributed by atoms with E-state index in [9.17, 15) is 19.2 Å². The van der Waals surface area contributed by atoms with Crippen molar-refractivity contribution in [2.75, 3.05) is 40.7 Å². The first kappa shape index (κ1) is 37.8. The van der Waals surface area contributed by atoms with Crippen molar-refractivity contribution in [3.8, 4) is 11.5 Å². The minimum absolute atomic E-state index is 0.313. The van der Waals surface area contributed by atoms with Gasteiger partial charge in [0.25, 0.3) is 0 Å². The van der Waals surface area contributed by atoms with E-state index in [2.05, 4.69) is 10.3 Å². The lowest BCUT2D eigenvalue weighted by Gasteiger charge is -2.20. The summed E-state index contributed by atoms with van der Waals surface area (Å²) in [6, 6.07) is 13.7. The van der Waals surface area contributed by atoms with Gasteiger partial charge in [-0.15, -0.1) is 23.5 Å². The molecule has 2 rings (SSSR count). The molecule has 0 saturated heterocycles. The van der Waals surface area contributed by atoms with Crippen LogP contribution >= 0.6 is 59.6 Å². The Morgan fingerprint density at radius 3 is 1.18 bits per heavy atom. The van der Waals surface area contributed by atoms with E-state index in [0.29, 0.717) is 21.6 Å². The van der Waals surface area contributed by atoms with E-state index in [1.54, 1.807) is 74.9 Å². The molecule has 0 aromatic heterocycles. The lowest BCUT2D eigenvalue weighted by atomic mass is 10.3. The molecular formula is C26H32N6O8S5. The fourth-order valence-electron chi connectivity index (χ4n) is 2.51. The summed E-state index contributed by atoms with van der Waals surface area (Å²) < 4.78 is 15.2. The van der Waals surface area contributed by atoms with E-state index in [0.717, 1.165) is 51.3 Å². The maximum Gasteiger partial charge on any atom is 0.447 e. The molecule has 0 aliphatic carbocycles. The van der Waals surface area contributed by atoms with Crippen LogP contribution in [0.2, 0.25) is 0 Å².